The van der Waals surface area contributed by atoms with Crippen molar-refractivity contribution in [1.29, 1.82) is 0 Å². The lowest BCUT2D eigenvalue weighted by Crippen LogP contribution is -2.06. The highest BCUT2D eigenvalue weighted by molar-refractivity contribution is 5.58. The van der Waals surface area contributed by atoms with E-state index in [0.29, 0.717) is 11.7 Å². The van der Waals surface area contributed by atoms with Gasteiger partial charge in [-0.25, -0.2) is 9.97 Å². The van der Waals surface area contributed by atoms with Crippen LogP contribution in [0.3, 0.4) is 0 Å². The minimum absolute atomic E-state index is 0.249. The van der Waals surface area contributed by atoms with Gasteiger partial charge in [-0.15, -0.1) is 0 Å². The molecule has 2 N–H and O–H groups in total. The third-order valence-corrected chi connectivity index (χ3v) is 2.88. The number of rotatable bonds is 5. The van der Waals surface area contributed by atoms with Crippen LogP contribution in [0.15, 0.2) is 30.3 Å². The first-order valence-electron chi connectivity index (χ1n) is 6.99. The van der Waals surface area contributed by atoms with Gasteiger partial charge in [0.25, 0.3) is 0 Å². The third kappa shape index (κ3) is 3.70. The van der Waals surface area contributed by atoms with Crippen molar-refractivity contribution < 1.29 is 5.11 Å². The lowest BCUT2D eigenvalue weighted by Gasteiger charge is -2.10. The van der Waals surface area contributed by atoms with E-state index in [0.717, 1.165) is 30.0 Å². The molecule has 4 nitrogen and oxygen atoms in total. The zero-order valence-corrected chi connectivity index (χ0v) is 12.2. The van der Waals surface area contributed by atoms with Gasteiger partial charge in [0.2, 0.25) is 0 Å². The maximum absolute atomic E-state index is 9.36. The van der Waals surface area contributed by atoms with E-state index >= 15 is 0 Å². The predicted molar refractivity (Wildman–Crippen MR) is 81.8 cm³/mol. The molecular formula is C16H21N3O. The minimum Gasteiger partial charge on any atom is -0.508 e. The lowest BCUT2D eigenvalue weighted by molar-refractivity contribution is 0.475. The fraction of sp³-hybridized carbons (Fsp3) is 0.375. The Hall–Kier alpha value is -2.10. The molecule has 0 fully saturated rings. The summed E-state index contributed by atoms with van der Waals surface area (Å²) in [5.74, 6) is 2.34. The average Bonchev–Trinajstić information content (AvgIpc) is 2.38. The van der Waals surface area contributed by atoms with E-state index in [2.05, 4.69) is 29.1 Å². The summed E-state index contributed by atoms with van der Waals surface area (Å²) in [5, 5.41) is 12.6. The Morgan fingerprint density at radius 3 is 2.45 bits per heavy atom. The SMILES string of the molecule is CCNc1cc(CC(C)C)nc(-c2ccc(O)cc2)n1. The molecule has 2 rings (SSSR count). The van der Waals surface area contributed by atoms with Crippen molar-refractivity contribution in [2.24, 2.45) is 5.92 Å². The molecule has 1 aromatic carbocycles. The van der Waals surface area contributed by atoms with Crippen molar-refractivity contribution >= 4 is 5.82 Å². The van der Waals surface area contributed by atoms with Gasteiger partial charge in [-0.05, 0) is 43.5 Å². The van der Waals surface area contributed by atoms with Crippen molar-refractivity contribution in [2.45, 2.75) is 27.2 Å². The normalized spacial score (nSPS) is 10.8. The van der Waals surface area contributed by atoms with Crippen LogP contribution in [-0.4, -0.2) is 21.6 Å². The van der Waals surface area contributed by atoms with E-state index in [-0.39, 0.29) is 5.75 Å². The van der Waals surface area contributed by atoms with Gasteiger partial charge in [-0.2, -0.15) is 0 Å². The number of nitrogens with one attached hydrogen (secondary N) is 1. The molecule has 4 heteroatoms. The summed E-state index contributed by atoms with van der Waals surface area (Å²) in [4.78, 5) is 9.15. The molecule has 106 valence electrons. The molecule has 0 spiro atoms. The molecule has 0 saturated carbocycles. The summed E-state index contributed by atoms with van der Waals surface area (Å²) >= 11 is 0. The van der Waals surface area contributed by atoms with Crippen LogP contribution in [0.1, 0.15) is 26.5 Å². The first-order chi connectivity index (χ1) is 9.58. The smallest absolute Gasteiger partial charge is 0.161 e. The number of phenols is 1. The van der Waals surface area contributed by atoms with E-state index in [1.807, 2.05) is 25.1 Å². The Morgan fingerprint density at radius 2 is 1.85 bits per heavy atom. The van der Waals surface area contributed by atoms with Crippen molar-refractivity contribution in [3.63, 3.8) is 0 Å². The van der Waals surface area contributed by atoms with Crippen LogP contribution in [0.25, 0.3) is 11.4 Å². The summed E-state index contributed by atoms with van der Waals surface area (Å²) in [7, 11) is 0. The van der Waals surface area contributed by atoms with Crippen LogP contribution in [0, 0.1) is 5.92 Å². The second-order valence-corrected chi connectivity index (χ2v) is 5.24. The largest absolute Gasteiger partial charge is 0.508 e. The molecule has 0 amide bonds. The number of aromatic nitrogens is 2. The highest BCUT2D eigenvalue weighted by atomic mass is 16.3. The van der Waals surface area contributed by atoms with Crippen LogP contribution in [-0.2, 0) is 6.42 Å². The lowest BCUT2D eigenvalue weighted by atomic mass is 10.1. The molecule has 20 heavy (non-hydrogen) atoms. The molecule has 0 radical (unpaired) electrons. The molecule has 1 aromatic heterocycles. The topological polar surface area (TPSA) is 58.0 Å². The van der Waals surface area contributed by atoms with E-state index in [9.17, 15) is 5.11 Å². The molecule has 2 aromatic rings. The molecule has 0 bridgehead atoms. The van der Waals surface area contributed by atoms with Gasteiger partial charge in [0, 0.05) is 23.9 Å². The Balaban J connectivity index is 2.40. The molecule has 0 aliphatic carbocycles. The minimum atomic E-state index is 0.249. The summed E-state index contributed by atoms with van der Waals surface area (Å²) < 4.78 is 0. The zero-order chi connectivity index (χ0) is 14.5. The van der Waals surface area contributed by atoms with Crippen LogP contribution in [0.5, 0.6) is 5.75 Å². The van der Waals surface area contributed by atoms with Crippen molar-refractivity contribution in [1.82, 2.24) is 9.97 Å². The van der Waals surface area contributed by atoms with E-state index in [1.54, 1.807) is 12.1 Å². The van der Waals surface area contributed by atoms with Gasteiger partial charge < -0.3 is 10.4 Å². The molecule has 0 aliphatic rings. The van der Waals surface area contributed by atoms with Gasteiger partial charge >= 0.3 is 0 Å². The third-order valence-electron chi connectivity index (χ3n) is 2.88. The van der Waals surface area contributed by atoms with Crippen molar-refractivity contribution in [2.75, 3.05) is 11.9 Å². The number of phenolic OH excluding ortho intramolecular Hbond substituents is 1. The second-order valence-electron chi connectivity index (χ2n) is 5.24. The number of benzene rings is 1. The van der Waals surface area contributed by atoms with E-state index in [4.69, 9.17) is 0 Å². The first-order valence-corrected chi connectivity index (χ1v) is 6.99. The van der Waals surface area contributed by atoms with Gasteiger partial charge in [0.15, 0.2) is 5.82 Å². The zero-order valence-electron chi connectivity index (χ0n) is 12.2. The molecular weight excluding hydrogens is 250 g/mol. The predicted octanol–water partition coefficient (Wildman–Crippen LogP) is 3.48. The fourth-order valence-corrected chi connectivity index (χ4v) is 2.03. The van der Waals surface area contributed by atoms with Crippen LogP contribution < -0.4 is 5.32 Å². The Kier molecular flexibility index (Phi) is 4.56. The van der Waals surface area contributed by atoms with E-state index < -0.39 is 0 Å². The highest BCUT2D eigenvalue weighted by Gasteiger charge is 2.08. The second kappa shape index (κ2) is 6.37. The summed E-state index contributed by atoms with van der Waals surface area (Å²) in [6.45, 7) is 7.22. The fourth-order valence-electron chi connectivity index (χ4n) is 2.03. The standard InChI is InChI=1S/C16H21N3O/c1-4-17-15-10-13(9-11(2)3)18-16(19-15)12-5-7-14(20)8-6-12/h5-8,10-11,20H,4,9H2,1-3H3,(H,17,18,19). The maximum atomic E-state index is 9.36. The Labute approximate surface area is 119 Å². The van der Waals surface area contributed by atoms with Gasteiger partial charge in [-0.3, -0.25) is 0 Å². The van der Waals surface area contributed by atoms with Gasteiger partial charge in [0.1, 0.15) is 11.6 Å². The average molecular weight is 271 g/mol. The monoisotopic (exact) mass is 271 g/mol. The Bertz CT molecular complexity index is 564. The Morgan fingerprint density at radius 1 is 1.15 bits per heavy atom. The molecule has 0 unspecified atom stereocenters. The maximum Gasteiger partial charge on any atom is 0.161 e. The molecule has 1 heterocycles. The quantitative estimate of drug-likeness (QED) is 0.874. The number of aromatic hydroxyl groups is 1. The number of nitrogens with zero attached hydrogens (tertiary/aromatic N) is 2. The van der Waals surface area contributed by atoms with E-state index in [1.165, 1.54) is 0 Å². The van der Waals surface area contributed by atoms with Crippen molar-refractivity contribution in [3.8, 4) is 17.1 Å². The van der Waals surface area contributed by atoms with Crippen LogP contribution >= 0.6 is 0 Å². The first kappa shape index (κ1) is 14.3. The summed E-state index contributed by atoms with van der Waals surface area (Å²) in [5.41, 5.74) is 1.95. The number of hydrogen-bond donors (Lipinski definition) is 2. The number of anilines is 1. The number of hydrogen-bond acceptors (Lipinski definition) is 4. The summed E-state index contributed by atoms with van der Waals surface area (Å²) in [6, 6.07) is 8.98. The van der Waals surface area contributed by atoms with Crippen LogP contribution in [0.4, 0.5) is 5.82 Å². The van der Waals surface area contributed by atoms with Crippen molar-refractivity contribution in [3.05, 3.63) is 36.0 Å². The molecule has 0 saturated heterocycles. The molecule has 0 atom stereocenters. The summed E-state index contributed by atoms with van der Waals surface area (Å²) in [6.07, 6.45) is 0.923. The highest BCUT2D eigenvalue weighted by Crippen LogP contribution is 2.21. The molecule has 0 aliphatic heterocycles. The van der Waals surface area contributed by atoms with Gasteiger partial charge in [-0.1, -0.05) is 13.8 Å². The van der Waals surface area contributed by atoms with Gasteiger partial charge in [0.05, 0.1) is 0 Å². The van der Waals surface area contributed by atoms with Crippen LogP contribution in [0.2, 0.25) is 0 Å².